The Morgan fingerprint density at radius 1 is 1.11 bits per heavy atom. The largest absolute Gasteiger partial charge is 0.381 e. The molecule has 0 bridgehead atoms. The highest BCUT2D eigenvalue weighted by molar-refractivity contribution is 6.25. The average molecular weight is 532 g/mol. The molecular weight excluding hydrogens is 502 g/mol. The number of nitrogens with one attached hydrogen (secondary N) is 2. The monoisotopic (exact) mass is 531 g/mol. The van der Waals surface area contributed by atoms with Crippen molar-refractivity contribution in [1.82, 2.24) is 20.2 Å². The van der Waals surface area contributed by atoms with Crippen LogP contribution in [-0.2, 0) is 21.6 Å². The summed E-state index contributed by atoms with van der Waals surface area (Å²) in [6.07, 6.45) is 4.64. The van der Waals surface area contributed by atoms with E-state index < -0.39 is 10.5 Å². The van der Waals surface area contributed by atoms with E-state index in [9.17, 15) is 9.59 Å². The van der Waals surface area contributed by atoms with Crippen molar-refractivity contribution < 1.29 is 14.3 Å². The van der Waals surface area contributed by atoms with Crippen molar-refractivity contribution in [3.63, 3.8) is 0 Å². The van der Waals surface area contributed by atoms with Gasteiger partial charge in [0, 0.05) is 43.6 Å². The van der Waals surface area contributed by atoms with Gasteiger partial charge in [-0.3, -0.25) is 9.59 Å². The number of hydrogen-bond donors (Lipinski definition) is 2. The smallest absolute Gasteiger partial charge is 0.254 e. The van der Waals surface area contributed by atoms with Crippen molar-refractivity contribution in [3.05, 3.63) is 77.5 Å². The average Bonchev–Trinajstić information content (AvgIpc) is 3.22. The van der Waals surface area contributed by atoms with Crippen LogP contribution in [0.4, 0.5) is 5.95 Å². The number of carbonyl (C=O) groups excluding carboxylic acids is 2. The first-order valence-electron chi connectivity index (χ1n) is 13.0. The second-order valence-electron chi connectivity index (χ2n) is 10.3. The van der Waals surface area contributed by atoms with E-state index >= 15 is 0 Å². The molecule has 2 amide bonds. The Labute approximate surface area is 226 Å². The quantitative estimate of drug-likeness (QED) is 0.360. The van der Waals surface area contributed by atoms with Crippen LogP contribution >= 0.6 is 11.6 Å². The van der Waals surface area contributed by atoms with E-state index in [2.05, 4.69) is 20.6 Å². The van der Waals surface area contributed by atoms with Gasteiger partial charge in [0.2, 0.25) is 11.9 Å². The minimum atomic E-state index is -0.632. The van der Waals surface area contributed by atoms with Crippen molar-refractivity contribution in [2.45, 2.75) is 55.7 Å². The Bertz CT molecular complexity index is 1380. The standard InChI is InChI=1S/C29H30ClN5O3/c1-19(36)33-29(22-5-3-2-4-6-22)11-9-25(29)35-18-21-8-7-20(17-23(21)26(35)37)24-10-14-31-27(32-24)34-28(30)12-15-38-16-13-28/h2-8,10,14,17,25H,9,11-13,15-16,18H2,1H3,(H,33,36)(H,31,32,34). The second-order valence-corrected chi connectivity index (χ2v) is 11.1. The molecule has 8 nitrogen and oxygen atoms in total. The molecule has 196 valence electrons. The molecule has 3 aromatic rings. The van der Waals surface area contributed by atoms with Gasteiger partial charge in [-0.1, -0.05) is 54.1 Å². The number of halogens is 1. The molecule has 3 aliphatic rings. The summed E-state index contributed by atoms with van der Waals surface area (Å²) in [7, 11) is 0. The molecule has 3 heterocycles. The molecule has 6 rings (SSSR count). The van der Waals surface area contributed by atoms with Gasteiger partial charge in [0.1, 0.15) is 5.00 Å². The summed E-state index contributed by atoms with van der Waals surface area (Å²) >= 11 is 6.72. The Morgan fingerprint density at radius 3 is 2.61 bits per heavy atom. The van der Waals surface area contributed by atoms with Gasteiger partial charge in [-0.15, -0.1) is 0 Å². The molecule has 2 N–H and O–H groups in total. The lowest BCUT2D eigenvalue weighted by Gasteiger charge is -2.53. The van der Waals surface area contributed by atoms with Crippen molar-refractivity contribution in [3.8, 4) is 11.3 Å². The fraction of sp³-hybridized carbons (Fsp3) is 0.379. The number of ether oxygens (including phenoxy) is 1. The molecule has 1 aliphatic carbocycles. The maximum Gasteiger partial charge on any atom is 0.254 e. The summed E-state index contributed by atoms with van der Waals surface area (Å²) in [5, 5.41) is 6.45. The highest BCUT2D eigenvalue weighted by atomic mass is 35.5. The van der Waals surface area contributed by atoms with E-state index in [1.54, 1.807) is 6.20 Å². The second kappa shape index (κ2) is 9.67. The predicted molar refractivity (Wildman–Crippen MR) is 145 cm³/mol. The van der Waals surface area contributed by atoms with Crippen molar-refractivity contribution in [1.29, 1.82) is 0 Å². The molecule has 2 fully saturated rings. The number of aromatic nitrogens is 2. The Kier molecular flexibility index (Phi) is 6.32. The minimum absolute atomic E-state index is 0.0217. The molecule has 1 saturated carbocycles. The fourth-order valence-electron chi connectivity index (χ4n) is 5.92. The summed E-state index contributed by atoms with van der Waals surface area (Å²) in [6, 6.07) is 17.6. The van der Waals surface area contributed by atoms with Gasteiger partial charge in [0.25, 0.3) is 5.91 Å². The van der Waals surface area contributed by atoms with Crippen molar-refractivity contribution in [2.24, 2.45) is 0 Å². The van der Waals surface area contributed by atoms with Crippen LogP contribution in [0.5, 0.6) is 0 Å². The molecule has 2 unspecified atom stereocenters. The molecule has 0 spiro atoms. The van der Waals surface area contributed by atoms with E-state index in [-0.39, 0.29) is 17.9 Å². The lowest BCUT2D eigenvalue weighted by molar-refractivity contribution is -0.124. The fourth-order valence-corrected chi connectivity index (χ4v) is 6.16. The normalized spacial score (nSPS) is 23.9. The molecular formula is C29H30ClN5O3. The van der Waals surface area contributed by atoms with Crippen LogP contribution < -0.4 is 10.6 Å². The zero-order chi connectivity index (χ0) is 26.3. The molecule has 38 heavy (non-hydrogen) atoms. The maximum atomic E-state index is 13.7. The summed E-state index contributed by atoms with van der Waals surface area (Å²) < 4.78 is 5.42. The number of rotatable bonds is 6. The van der Waals surface area contributed by atoms with E-state index in [1.807, 2.05) is 59.5 Å². The first-order valence-corrected chi connectivity index (χ1v) is 13.4. The van der Waals surface area contributed by atoms with Gasteiger partial charge in [0.15, 0.2) is 0 Å². The van der Waals surface area contributed by atoms with Gasteiger partial charge in [0.05, 0.1) is 30.5 Å². The predicted octanol–water partition coefficient (Wildman–Crippen LogP) is 4.45. The lowest BCUT2D eigenvalue weighted by atomic mass is 9.66. The third kappa shape index (κ3) is 4.41. The van der Waals surface area contributed by atoms with E-state index in [0.29, 0.717) is 49.8 Å². The highest BCUT2D eigenvalue weighted by Gasteiger charge is 2.54. The van der Waals surface area contributed by atoms with E-state index in [4.69, 9.17) is 16.3 Å². The number of benzene rings is 2. The van der Waals surface area contributed by atoms with Crippen LogP contribution in [0.1, 0.15) is 54.1 Å². The Morgan fingerprint density at radius 2 is 1.89 bits per heavy atom. The van der Waals surface area contributed by atoms with Crippen molar-refractivity contribution >= 4 is 29.4 Å². The van der Waals surface area contributed by atoms with Gasteiger partial charge in [-0.05, 0) is 36.1 Å². The zero-order valence-electron chi connectivity index (χ0n) is 21.2. The minimum Gasteiger partial charge on any atom is -0.381 e. The molecule has 1 saturated heterocycles. The lowest BCUT2D eigenvalue weighted by Crippen LogP contribution is -2.66. The number of alkyl halides is 1. The van der Waals surface area contributed by atoms with Crippen LogP contribution in [0.15, 0.2) is 60.8 Å². The summed E-state index contributed by atoms with van der Waals surface area (Å²) in [5.74, 6) is 0.328. The van der Waals surface area contributed by atoms with Crippen LogP contribution in [0, 0.1) is 0 Å². The van der Waals surface area contributed by atoms with Crippen LogP contribution in [0.25, 0.3) is 11.3 Å². The molecule has 2 aromatic carbocycles. The number of nitrogens with zero attached hydrogens (tertiary/aromatic N) is 3. The van der Waals surface area contributed by atoms with Crippen molar-refractivity contribution in [2.75, 3.05) is 18.5 Å². The van der Waals surface area contributed by atoms with Gasteiger partial charge >= 0.3 is 0 Å². The maximum absolute atomic E-state index is 13.7. The Balaban J connectivity index is 1.26. The zero-order valence-corrected chi connectivity index (χ0v) is 22.0. The van der Waals surface area contributed by atoms with E-state index in [0.717, 1.165) is 29.5 Å². The number of carbonyl (C=O) groups is 2. The van der Waals surface area contributed by atoms with Crippen LogP contribution in [0.3, 0.4) is 0 Å². The van der Waals surface area contributed by atoms with Crippen LogP contribution in [0.2, 0.25) is 0 Å². The molecule has 0 radical (unpaired) electrons. The SMILES string of the molecule is CC(=O)NC1(c2ccccc2)CCC1N1Cc2ccc(-c3ccnc(NC4(Cl)CCOCC4)n3)cc2C1=O. The highest BCUT2D eigenvalue weighted by Crippen LogP contribution is 2.47. The summed E-state index contributed by atoms with van der Waals surface area (Å²) in [4.78, 5) is 36.3. The molecule has 1 aromatic heterocycles. The number of fused-ring (bicyclic) bond motifs is 1. The topological polar surface area (TPSA) is 96.5 Å². The van der Waals surface area contributed by atoms with Crippen LogP contribution in [-0.4, -0.2) is 50.9 Å². The third-order valence-corrected chi connectivity index (χ3v) is 8.43. The van der Waals surface area contributed by atoms with E-state index in [1.165, 1.54) is 6.92 Å². The first-order chi connectivity index (χ1) is 18.4. The number of anilines is 1. The molecule has 2 aliphatic heterocycles. The molecule has 2 atom stereocenters. The Hall–Kier alpha value is -3.49. The first kappa shape index (κ1) is 24.8. The van der Waals surface area contributed by atoms with Gasteiger partial charge in [-0.25, -0.2) is 9.97 Å². The molecule has 9 heteroatoms. The number of hydrogen-bond acceptors (Lipinski definition) is 6. The third-order valence-electron chi connectivity index (χ3n) is 7.96. The van der Waals surface area contributed by atoms with Gasteiger partial charge in [-0.2, -0.15) is 0 Å². The number of amides is 2. The van der Waals surface area contributed by atoms with Gasteiger partial charge < -0.3 is 20.3 Å². The summed E-state index contributed by atoms with van der Waals surface area (Å²) in [6.45, 7) is 3.23. The summed E-state index contributed by atoms with van der Waals surface area (Å²) in [5.41, 5.74) is 3.64.